The Kier molecular flexibility index (Phi) is 4.89. The van der Waals surface area contributed by atoms with Crippen molar-refractivity contribution in [3.8, 4) is 0 Å². The number of esters is 1. The van der Waals surface area contributed by atoms with Crippen LogP contribution in [0.15, 0.2) is 54.7 Å². The van der Waals surface area contributed by atoms with E-state index in [0.29, 0.717) is 18.7 Å². The number of hydrogen-bond acceptors (Lipinski definition) is 5. The van der Waals surface area contributed by atoms with Crippen molar-refractivity contribution in [1.29, 1.82) is 0 Å². The van der Waals surface area contributed by atoms with E-state index in [1.54, 1.807) is 27.9 Å². The summed E-state index contributed by atoms with van der Waals surface area (Å²) >= 11 is 0. The monoisotopic (exact) mass is 376 g/mol. The maximum absolute atomic E-state index is 13.1. The molecule has 1 amide bonds. The van der Waals surface area contributed by atoms with Crippen LogP contribution < -0.4 is 4.90 Å². The summed E-state index contributed by atoms with van der Waals surface area (Å²) in [4.78, 5) is 26.8. The third kappa shape index (κ3) is 3.38. The van der Waals surface area contributed by atoms with Crippen molar-refractivity contribution in [3.05, 3.63) is 77.1 Å². The molecule has 0 saturated heterocycles. The molecule has 3 aromatic rings. The molecule has 1 aliphatic heterocycles. The molecular formula is C21H20N4O3. The van der Waals surface area contributed by atoms with E-state index >= 15 is 0 Å². The van der Waals surface area contributed by atoms with Gasteiger partial charge in [-0.2, -0.15) is 0 Å². The summed E-state index contributed by atoms with van der Waals surface area (Å²) in [6.45, 7) is 1.12. The number of amides is 1. The first kappa shape index (κ1) is 17.9. The molecule has 28 heavy (non-hydrogen) atoms. The second kappa shape index (κ2) is 7.64. The van der Waals surface area contributed by atoms with Crippen LogP contribution in [0.1, 0.15) is 38.4 Å². The quantitative estimate of drug-likeness (QED) is 0.655. The number of rotatable bonds is 4. The predicted molar refractivity (Wildman–Crippen MR) is 103 cm³/mol. The Labute approximate surface area is 162 Å². The van der Waals surface area contributed by atoms with Gasteiger partial charge in [-0.05, 0) is 36.1 Å². The summed E-state index contributed by atoms with van der Waals surface area (Å²) in [7, 11) is 1.36. The van der Waals surface area contributed by atoms with E-state index in [4.69, 9.17) is 4.74 Å². The van der Waals surface area contributed by atoms with Crippen LogP contribution in [0.25, 0.3) is 0 Å². The molecule has 142 valence electrons. The number of hydrogen-bond donors (Lipinski definition) is 0. The van der Waals surface area contributed by atoms with Crippen LogP contribution in [0.3, 0.4) is 0 Å². The van der Waals surface area contributed by atoms with Gasteiger partial charge in [-0.15, -0.1) is 5.10 Å². The number of carbonyl (C=O) groups excluding carboxylic acids is 2. The lowest BCUT2D eigenvalue weighted by atomic mass is 9.96. The molecule has 0 radical (unpaired) electrons. The summed E-state index contributed by atoms with van der Waals surface area (Å²) < 4.78 is 6.53. The second-order valence-electron chi connectivity index (χ2n) is 6.64. The molecule has 0 spiro atoms. The number of aromatic nitrogens is 3. The molecule has 4 rings (SSSR count). The average Bonchev–Trinajstić information content (AvgIpc) is 3.21. The lowest BCUT2D eigenvalue weighted by Crippen LogP contribution is -2.36. The zero-order valence-corrected chi connectivity index (χ0v) is 15.5. The Morgan fingerprint density at radius 2 is 1.93 bits per heavy atom. The third-order valence-electron chi connectivity index (χ3n) is 4.85. The fourth-order valence-electron chi connectivity index (χ4n) is 3.52. The predicted octanol–water partition coefficient (Wildman–Crippen LogP) is 2.71. The third-order valence-corrected chi connectivity index (χ3v) is 4.85. The van der Waals surface area contributed by atoms with Crippen LogP contribution >= 0.6 is 0 Å². The van der Waals surface area contributed by atoms with E-state index in [2.05, 4.69) is 10.3 Å². The normalized spacial score (nSPS) is 13.1. The molecule has 1 aliphatic rings. The molecule has 0 N–H and O–H groups in total. The molecule has 2 heterocycles. The number of fused-ring (bicyclic) bond motifs is 1. The first-order chi connectivity index (χ1) is 13.7. The lowest BCUT2D eigenvalue weighted by Gasteiger charge is -2.29. The summed E-state index contributed by atoms with van der Waals surface area (Å²) in [5, 5.41) is 8.15. The number of benzene rings is 2. The van der Waals surface area contributed by atoms with Crippen LogP contribution in [-0.4, -0.2) is 40.5 Å². The van der Waals surface area contributed by atoms with E-state index in [1.807, 2.05) is 36.4 Å². The molecule has 0 saturated carbocycles. The maximum Gasteiger partial charge on any atom is 0.338 e. The van der Waals surface area contributed by atoms with E-state index in [-0.39, 0.29) is 17.6 Å². The molecule has 0 unspecified atom stereocenters. The molecule has 7 nitrogen and oxygen atoms in total. The SMILES string of the molecule is COC(=O)c1cccc2c1CCCN2C(=O)c1cn(Cc2ccccc2)nn1. The summed E-state index contributed by atoms with van der Waals surface area (Å²) in [6.07, 6.45) is 3.16. The summed E-state index contributed by atoms with van der Waals surface area (Å²) in [6, 6.07) is 15.2. The molecule has 0 aliphatic carbocycles. The highest BCUT2D eigenvalue weighted by Crippen LogP contribution is 2.31. The molecule has 7 heteroatoms. The standard InChI is InChI=1S/C21H20N4O3/c1-28-21(27)17-9-5-11-19-16(17)10-6-12-25(19)20(26)18-14-24(23-22-18)13-15-7-3-2-4-8-15/h2-5,7-9,11,14H,6,10,12-13H2,1H3. The van der Waals surface area contributed by atoms with Crippen molar-refractivity contribution in [2.45, 2.75) is 19.4 Å². The van der Waals surface area contributed by atoms with Crippen LogP contribution in [-0.2, 0) is 17.7 Å². The van der Waals surface area contributed by atoms with Gasteiger partial charge in [-0.3, -0.25) is 4.79 Å². The van der Waals surface area contributed by atoms with Crippen LogP contribution in [0.5, 0.6) is 0 Å². The molecule has 1 aromatic heterocycles. The number of ether oxygens (including phenoxy) is 1. The summed E-state index contributed by atoms with van der Waals surface area (Å²) in [5.41, 5.74) is 3.44. The van der Waals surface area contributed by atoms with Gasteiger partial charge in [0.05, 0.1) is 25.4 Å². The minimum Gasteiger partial charge on any atom is -0.465 e. The zero-order chi connectivity index (χ0) is 19.5. The van der Waals surface area contributed by atoms with E-state index < -0.39 is 0 Å². The maximum atomic E-state index is 13.1. The lowest BCUT2D eigenvalue weighted by molar-refractivity contribution is 0.0599. The molecule has 0 fully saturated rings. The average molecular weight is 376 g/mol. The molecule has 0 atom stereocenters. The first-order valence-electron chi connectivity index (χ1n) is 9.13. The Morgan fingerprint density at radius 1 is 1.11 bits per heavy atom. The van der Waals surface area contributed by atoms with Gasteiger partial charge in [-0.1, -0.05) is 41.6 Å². The van der Waals surface area contributed by atoms with Crippen molar-refractivity contribution in [2.24, 2.45) is 0 Å². The number of methoxy groups -OCH3 is 1. The van der Waals surface area contributed by atoms with E-state index in [1.165, 1.54) is 7.11 Å². The van der Waals surface area contributed by atoms with Gasteiger partial charge >= 0.3 is 5.97 Å². The minimum absolute atomic E-state index is 0.220. The zero-order valence-electron chi connectivity index (χ0n) is 15.5. The van der Waals surface area contributed by atoms with Crippen LogP contribution in [0.2, 0.25) is 0 Å². The topological polar surface area (TPSA) is 77.3 Å². The van der Waals surface area contributed by atoms with Gasteiger partial charge in [0.1, 0.15) is 0 Å². The van der Waals surface area contributed by atoms with Crippen molar-refractivity contribution >= 4 is 17.6 Å². The highest BCUT2D eigenvalue weighted by Gasteiger charge is 2.28. The van der Waals surface area contributed by atoms with Crippen LogP contribution in [0.4, 0.5) is 5.69 Å². The van der Waals surface area contributed by atoms with Gasteiger partial charge < -0.3 is 9.64 Å². The van der Waals surface area contributed by atoms with Crippen molar-refractivity contribution in [3.63, 3.8) is 0 Å². The van der Waals surface area contributed by atoms with E-state index in [0.717, 1.165) is 29.7 Å². The van der Waals surface area contributed by atoms with E-state index in [9.17, 15) is 9.59 Å². The van der Waals surface area contributed by atoms with Crippen molar-refractivity contribution in [1.82, 2.24) is 15.0 Å². The number of nitrogens with zero attached hydrogens (tertiary/aromatic N) is 4. The fraction of sp³-hybridized carbons (Fsp3) is 0.238. The van der Waals surface area contributed by atoms with Gasteiger partial charge in [0.15, 0.2) is 5.69 Å². The minimum atomic E-state index is -0.389. The molecule has 0 bridgehead atoms. The molecular weight excluding hydrogens is 356 g/mol. The highest BCUT2D eigenvalue weighted by atomic mass is 16.5. The van der Waals surface area contributed by atoms with Crippen molar-refractivity contribution in [2.75, 3.05) is 18.6 Å². The Hall–Kier alpha value is -3.48. The number of carbonyl (C=O) groups is 2. The smallest absolute Gasteiger partial charge is 0.338 e. The Morgan fingerprint density at radius 3 is 2.71 bits per heavy atom. The Balaban J connectivity index is 1.60. The Bertz CT molecular complexity index is 1010. The molecule has 2 aromatic carbocycles. The van der Waals surface area contributed by atoms with Crippen molar-refractivity contribution < 1.29 is 14.3 Å². The number of anilines is 1. The summed E-state index contributed by atoms with van der Waals surface area (Å²) in [5.74, 6) is -0.609. The first-order valence-corrected chi connectivity index (χ1v) is 9.13. The second-order valence-corrected chi connectivity index (χ2v) is 6.64. The van der Waals surface area contributed by atoms with Gasteiger partial charge in [0, 0.05) is 12.2 Å². The van der Waals surface area contributed by atoms with Crippen LogP contribution in [0, 0.1) is 0 Å². The van der Waals surface area contributed by atoms with Gasteiger partial charge in [0.2, 0.25) is 0 Å². The fourth-order valence-corrected chi connectivity index (χ4v) is 3.52. The largest absolute Gasteiger partial charge is 0.465 e. The van der Waals surface area contributed by atoms with Gasteiger partial charge in [-0.25, -0.2) is 9.48 Å². The van der Waals surface area contributed by atoms with Gasteiger partial charge in [0.25, 0.3) is 5.91 Å². The highest BCUT2D eigenvalue weighted by molar-refractivity contribution is 6.06.